The zero-order valence-corrected chi connectivity index (χ0v) is 10.5. The predicted octanol–water partition coefficient (Wildman–Crippen LogP) is 1.67. The lowest BCUT2D eigenvalue weighted by atomic mass is 10.2. The summed E-state index contributed by atoms with van der Waals surface area (Å²) in [6, 6.07) is 3.29. The van der Waals surface area contributed by atoms with E-state index in [0.29, 0.717) is 19.4 Å². The number of carboxylic acid groups (broad SMARTS) is 1. The molecular weight excluding hydrogens is 238 g/mol. The molecule has 0 radical (unpaired) electrons. The average Bonchev–Trinajstić information content (AvgIpc) is 2.86. The molecule has 2 heterocycles. The zero-order chi connectivity index (χ0) is 12.4. The molecule has 1 aliphatic heterocycles. The van der Waals surface area contributed by atoms with E-state index in [0.717, 1.165) is 11.3 Å². The molecule has 1 aromatic rings. The van der Waals surface area contributed by atoms with Crippen molar-refractivity contribution in [2.24, 2.45) is 0 Å². The van der Waals surface area contributed by atoms with E-state index < -0.39 is 12.0 Å². The minimum Gasteiger partial charge on any atom is -0.480 e. The highest BCUT2D eigenvalue weighted by Gasteiger charge is 2.33. The van der Waals surface area contributed by atoms with Crippen molar-refractivity contribution in [3.63, 3.8) is 0 Å². The summed E-state index contributed by atoms with van der Waals surface area (Å²) in [5.74, 6) is -0.963. The van der Waals surface area contributed by atoms with Gasteiger partial charge in [-0.3, -0.25) is 4.79 Å². The van der Waals surface area contributed by atoms with Crippen LogP contribution in [-0.2, 0) is 16.0 Å². The molecule has 1 amide bonds. The molecule has 0 aromatic carbocycles. The monoisotopic (exact) mass is 253 g/mol. The molecule has 1 saturated heterocycles. The second-order valence-electron chi connectivity index (χ2n) is 4.27. The van der Waals surface area contributed by atoms with Crippen LogP contribution in [0.15, 0.2) is 12.1 Å². The van der Waals surface area contributed by atoms with Crippen molar-refractivity contribution < 1.29 is 14.7 Å². The van der Waals surface area contributed by atoms with Crippen LogP contribution in [0.4, 0.5) is 0 Å². The molecule has 1 atom stereocenters. The maximum Gasteiger partial charge on any atom is 0.326 e. The molecule has 5 heteroatoms. The van der Waals surface area contributed by atoms with Gasteiger partial charge in [0.25, 0.3) is 0 Å². The van der Waals surface area contributed by atoms with Crippen molar-refractivity contribution in [1.82, 2.24) is 4.90 Å². The molecule has 17 heavy (non-hydrogen) atoms. The van der Waals surface area contributed by atoms with Crippen LogP contribution in [0.1, 0.15) is 22.6 Å². The van der Waals surface area contributed by atoms with Crippen molar-refractivity contribution in [3.05, 3.63) is 21.9 Å². The van der Waals surface area contributed by atoms with E-state index in [1.165, 1.54) is 9.78 Å². The van der Waals surface area contributed by atoms with Gasteiger partial charge in [-0.1, -0.05) is 0 Å². The minimum atomic E-state index is -0.891. The number of nitrogens with zero attached hydrogens (tertiary/aromatic N) is 1. The van der Waals surface area contributed by atoms with E-state index in [9.17, 15) is 9.59 Å². The lowest BCUT2D eigenvalue weighted by Gasteiger charge is -2.20. The Bertz CT molecular complexity index is 441. The topological polar surface area (TPSA) is 57.6 Å². The smallest absolute Gasteiger partial charge is 0.326 e. The number of carbonyl (C=O) groups is 2. The zero-order valence-electron chi connectivity index (χ0n) is 9.68. The average molecular weight is 253 g/mol. The molecule has 0 aliphatic carbocycles. The number of hydrogen-bond acceptors (Lipinski definition) is 3. The summed E-state index contributed by atoms with van der Waals surface area (Å²) in [7, 11) is 0. The van der Waals surface area contributed by atoms with Gasteiger partial charge in [-0.15, -0.1) is 11.3 Å². The molecule has 1 unspecified atom stereocenters. The molecule has 0 spiro atoms. The van der Waals surface area contributed by atoms with Crippen LogP contribution in [-0.4, -0.2) is 34.5 Å². The summed E-state index contributed by atoms with van der Waals surface area (Å²) in [6.45, 7) is 2.56. The third-order valence-electron chi connectivity index (χ3n) is 2.98. The van der Waals surface area contributed by atoms with Crippen molar-refractivity contribution >= 4 is 23.2 Å². The first-order chi connectivity index (χ1) is 8.08. The van der Waals surface area contributed by atoms with Crippen LogP contribution in [0.3, 0.4) is 0 Å². The predicted molar refractivity (Wildman–Crippen MR) is 65.1 cm³/mol. The summed E-state index contributed by atoms with van der Waals surface area (Å²) in [6.07, 6.45) is 1.68. The van der Waals surface area contributed by atoms with Crippen molar-refractivity contribution in [2.75, 3.05) is 6.54 Å². The van der Waals surface area contributed by atoms with Crippen LogP contribution < -0.4 is 0 Å². The molecule has 4 nitrogen and oxygen atoms in total. The van der Waals surface area contributed by atoms with Crippen LogP contribution in [0.2, 0.25) is 0 Å². The Morgan fingerprint density at radius 3 is 2.88 bits per heavy atom. The lowest BCUT2D eigenvalue weighted by Crippen LogP contribution is -2.41. The molecule has 1 aliphatic rings. The number of aryl methyl sites for hydroxylation is 1. The van der Waals surface area contributed by atoms with E-state index in [1.54, 1.807) is 11.3 Å². The highest BCUT2D eigenvalue weighted by molar-refractivity contribution is 7.12. The summed E-state index contributed by atoms with van der Waals surface area (Å²) in [4.78, 5) is 26.7. The minimum absolute atomic E-state index is 0.0725. The summed E-state index contributed by atoms with van der Waals surface area (Å²) >= 11 is 1.59. The summed E-state index contributed by atoms with van der Waals surface area (Å²) in [5, 5.41) is 9.01. The second-order valence-corrected chi connectivity index (χ2v) is 5.64. The van der Waals surface area contributed by atoms with Gasteiger partial charge < -0.3 is 10.0 Å². The van der Waals surface area contributed by atoms with Crippen LogP contribution >= 0.6 is 11.3 Å². The van der Waals surface area contributed by atoms with E-state index in [4.69, 9.17) is 5.11 Å². The largest absolute Gasteiger partial charge is 0.480 e. The Kier molecular flexibility index (Phi) is 3.47. The molecule has 1 fully saturated rings. The van der Waals surface area contributed by atoms with Gasteiger partial charge >= 0.3 is 5.97 Å². The molecule has 92 valence electrons. The summed E-state index contributed by atoms with van der Waals surface area (Å²) < 4.78 is 0. The Morgan fingerprint density at radius 2 is 2.29 bits per heavy atom. The fourth-order valence-electron chi connectivity index (χ4n) is 2.15. The molecular formula is C12H15NO3S. The Morgan fingerprint density at radius 1 is 1.53 bits per heavy atom. The number of rotatable bonds is 3. The normalized spacial score (nSPS) is 19.6. The van der Waals surface area contributed by atoms with Crippen LogP contribution in [0, 0.1) is 6.92 Å². The number of likely N-dealkylation sites (tertiary alicyclic amines) is 1. The SMILES string of the molecule is Cc1ccc(CC(=O)N2CCCC2C(=O)O)s1. The Balaban J connectivity index is 2.02. The first-order valence-corrected chi connectivity index (χ1v) is 6.47. The first kappa shape index (κ1) is 12.1. The van der Waals surface area contributed by atoms with E-state index >= 15 is 0 Å². The van der Waals surface area contributed by atoms with Gasteiger partial charge in [0, 0.05) is 16.3 Å². The van der Waals surface area contributed by atoms with Crippen molar-refractivity contribution in [1.29, 1.82) is 0 Å². The van der Waals surface area contributed by atoms with Gasteiger partial charge in [-0.2, -0.15) is 0 Å². The third kappa shape index (κ3) is 2.66. The van der Waals surface area contributed by atoms with Gasteiger partial charge in [0.1, 0.15) is 6.04 Å². The van der Waals surface area contributed by atoms with E-state index in [-0.39, 0.29) is 5.91 Å². The highest BCUT2D eigenvalue weighted by Crippen LogP contribution is 2.21. The molecule has 0 bridgehead atoms. The van der Waals surface area contributed by atoms with Crippen LogP contribution in [0.25, 0.3) is 0 Å². The number of thiophene rings is 1. The number of hydrogen-bond donors (Lipinski definition) is 1. The highest BCUT2D eigenvalue weighted by atomic mass is 32.1. The van der Waals surface area contributed by atoms with Crippen molar-refractivity contribution in [3.8, 4) is 0 Å². The quantitative estimate of drug-likeness (QED) is 0.891. The maximum atomic E-state index is 12.0. The molecule has 0 saturated carbocycles. The van der Waals surface area contributed by atoms with Gasteiger partial charge in [-0.25, -0.2) is 4.79 Å². The van der Waals surface area contributed by atoms with Gasteiger partial charge in [0.15, 0.2) is 0 Å². The van der Waals surface area contributed by atoms with E-state index in [2.05, 4.69) is 0 Å². The number of carbonyl (C=O) groups excluding carboxylic acids is 1. The molecule has 1 N–H and O–H groups in total. The van der Waals surface area contributed by atoms with Crippen LogP contribution in [0.5, 0.6) is 0 Å². The summed E-state index contributed by atoms with van der Waals surface area (Å²) in [5.41, 5.74) is 0. The fourth-order valence-corrected chi connectivity index (χ4v) is 3.03. The third-order valence-corrected chi connectivity index (χ3v) is 3.98. The second kappa shape index (κ2) is 4.87. The standard InChI is InChI=1S/C12H15NO3S/c1-8-4-5-9(17-8)7-11(14)13-6-2-3-10(13)12(15)16/h4-5,10H,2-3,6-7H2,1H3,(H,15,16). The number of amides is 1. The first-order valence-electron chi connectivity index (χ1n) is 5.65. The number of aliphatic carboxylic acids is 1. The molecule has 2 rings (SSSR count). The van der Waals surface area contributed by atoms with Gasteiger partial charge in [0.2, 0.25) is 5.91 Å². The van der Waals surface area contributed by atoms with Gasteiger partial charge in [-0.05, 0) is 31.9 Å². The Labute approximate surface area is 104 Å². The fraction of sp³-hybridized carbons (Fsp3) is 0.500. The van der Waals surface area contributed by atoms with Gasteiger partial charge in [0.05, 0.1) is 6.42 Å². The molecule has 1 aromatic heterocycles. The number of carboxylic acids is 1. The van der Waals surface area contributed by atoms with E-state index in [1.807, 2.05) is 19.1 Å². The maximum absolute atomic E-state index is 12.0. The lowest BCUT2D eigenvalue weighted by molar-refractivity contribution is -0.147. The van der Waals surface area contributed by atoms with Crippen molar-refractivity contribution in [2.45, 2.75) is 32.2 Å². The Hall–Kier alpha value is -1.36.